The Hall–Kier alpha value is -2.83. The van der Waals surface area contributed by atoms with Crippen molar-refractivity contribution in [1.82, 2.24) is 10.2 Å². The van der Waals surface area contributed by atoms with E-state index in [0.29, 0.717) is 33.1 Å². The normalized spacial score (nSPS) is 26.4. The molecule has 0 aliphatic carbocycles. The van der Waals surface area contributed by atoms with Crippen LogP contribution in [0.4, 0.5) is 0 Å². The number of nitrogens with one attached hydrogen (secondary N) is 1. The van der Waals surface area contributed by atoms with Crippen LogP contribution >= 0.6 is 35.0 Å². The first-order chi connectivity index (χ1) is 18.1. The first-order valence-corrected chi connectivity index (χ1v) is 13.9. The molecule has 7 nitrogen and oxygen atoms in total. The first kappa shape index (κ1) is 26.8. The topological polar surface area (TPSA) is 94.8 Å². The average Bonchev–Trinajstić information content (AvgIpc) is 3.57. The third-order valence-corrected chi connectivity index (χ3v) is 8.75. The molecule has 10 heteroatoms. The average molecular weight is 570 g/mol. The fourth-order valence-electron chi connectivity index (χ4n) is 5.35. The fraction of sp³-hybridized carbons (Fsp3) is 0.357. The molecular formula is C28H26Cl2N4O3S. The van der Waals surface area contributed by atoms with Crippen molar-refractivity contribution in [2.75, 3.05) is 6.54 Å². The summed E-state index contributed by atoms with van der Waals surface area (Å²) in [5.41, 5.74) is 1.99. The smallest absolute Gasteiger partial charge is 0.354 e. The minimum atomic E-state index is -0.814. The number of halogens is 2. The Labute approximate surface area is 235 Å². The predicted molar refractivity (Wildman–Crippen MR) is 148 cm³/mol. The Kier molecular flexibility index (Phi) is 7.31. The summed E-state index contributed by atoms with van der Waals surface area (Å²) in [4.78, 5) is 33.7. The molecule has 2 aromatic rings. The molecule has 0 unspecified atom stereocenters. The van der Waals surface area contributed by atoms with Crippen LogP contribution in [-0.4, -0.2) is 34.6 Å². The summed E-state index contributed by atoms with van der Waals surface area (Å²) in [7, 11) is 0. The van der Waals surface area contributed by atoms with Crippen LogP contribution in [0, 0.1) is 23.2 Å². The number of hydrogen-bond donors (Lipinski definition) is 1. The van der Waals surface area contributed by atoms with Crippen LogP contribution in [0.25, 0.3) is 0 Å². The molecule has 0 aromatic heterocycles. The van der Waals surface area contributed by atoms with Gasteiger partial charge in [0.15, 0.2) is 5.17 Å². The molecule has 1 N–H and O–H groups in total. The third-order valence-electron chi connectivity index (χ3n) is 7.19. The highest BCUT2D eigenvalue weighted by atomic mass is 35.5. The number of carbonyl (C=O) groups excluding carboxylic acids is 2. The highest BCUT2D eigenvalue weighted by Gasteiger charge is 2.53. The molecule has 0 amide bonds. The maximum atomic E-state index is 13.4. The SMILES string of the molecule is CC(C)C1=C(C(=O)OC(=O)[C@H]2NCC[C@@H]2C#N)SC2=N[C@@](C)(c3ccc(Cl)cc3)[C@@H](c3ccc(Cl)cc3)N21. The zero-order valence-electron chi connectivity index (χ0n) is 21.1. The Bertz CT molecular complexity index is 1380. The molecule has 1 fully saturated rings. The largest absolute Gasteiger partial charge is 0.388 e. The molecule has 38 heavy (non-hydrogen) atoms. The van der Waals surface area contributed by atoms with Crippen LogP contribution in [-0.2, 0) is 19.9 Å². The molecule has 0 saturated carbocycles. The number of nitriles is 1. The Morgan fingerprint density at radius 1 is 1.16 bits per heavy atom. The van der Waals surface area contributed by atoms with Crippen molar-refractivity contribution in [3.8, 4) is 6.07 Å². The maximum absolute atomic E-state index is 13.4. The van der Waals surface area contributed by atoms with E-state index in [1.807, 2.05) is 62.4 Å². The molecular weight excluding hydrogens is 543 g/mol. The van der Waals surface area contributed by atoms with Gasteiger partial charge in [0, 0.05) is 15.7 Å². The number of thioether (sulfide) groups is 1. The van der Waals surface area contributed by atoms with E-state index in [2.05, 4.69) is 23.2 Å². The van der Waals surface area contributed by atoms with Crippen molar-refractivity contribution in [2.24, 2.45) is 16.8 Å². The van der Waals surface area contributed by atoms with Crippen LogP contribution in [0.1, 0.15) is 44.4 Å². The molecule has 196 valence electrons. The Balaban J connectivity index is 1.54. The molecule has 0 bridgehead atoms. The van der Waals surface area contributed by atoms with Gasteiger partial charge in [0.2, 0.25) is 0 Å². The van der Waals surface area contributed by atoms with E-state index in [-0.39, 0.29) is 12.0 Å². The van der Waals surface area contributed by atoms with E-state index in [9.17, 15) is 14.9 Å². The lowest BCUT2D eigenvalue weighted by molar-refractivity contribution is -0.158. The predicted octanol–water partition coefficient (Wildman–Crippen LogP) is 5.81. The van der Waals surface area contributed by atoms with E-state index < -0.39 is 29.4 Å². The van der Waals surface area contributed by atoms with Gasteiger partial charge in [-0.15, -0.1) is 0 Å². The number of aliphatic imine (C=N–C) groups is 1. The third kappa shape index (κ3) is 4.62. The number of amidine groups is 1. The van der Waals surface area contributed by atoms with Crippen LogP contribution in [0.3, 0.4) is 0 Å². The van der Waals surface area contributed by atoms with Crippen molar-refractivity contribution in [1.29, 1.82) is 5.26 Å². The van der Waals surface area contributed by atoms with Gasteiger partial charge in [0.25, 0.3) is 0 Å². The molecule has 0 radical (unpaired) electrons. The molecule has 0 spiro atoms. The van der Waals surface area contributed by atoms with Gasteiger partial charge in [-0.25, -0.2) is 14.6 Å². The fourth-order valence-corrected chi connectivity index (χ4v) is 6.88. The number of carbonyl (C=O) groups is 2. The van der Waals surface area contributed by atoms with Gasteiger partial charge >= 0.3 is 11.9 Å². The van der Waals surface area contributed by atoms with Crippen molar-refractivity contribution in [3.05, 3.63) is 80.3 Å². The molecule has 4 atom stereocenters. The van der Waals surface area contributed by atoms with Crippen molar-refractivity contribution in [2.45, 2.75) is 44.8 Å². The van der Waals surface area contributed by atoms with Gasteiger partial charge in [0.05, 0.1) is 18.0 Å². The van der Waals surface area contributed by atoms with E-state index in [1.165, 1.54) is 11.8 Å². The van der Waals surface area contributed by atoms with E-state index in [1.54, 1.807) is 0 Å². The second-order valence-corrected chi connectivity index (χ2v) is 11.9. The molecule has 3 aliphatic rings. The van der Waals surface area contributed by atoms with Gasteiger partial charge in [-0.3, -0.25) is 0 Å². The second-order valence-electron chi connectivity index (χ2n) is 10.0. The number of nitrogens with zero attached hydrogens (tertiary/aromatic N) is 3. The first-order valence-electron chi connectivity index (χ1n) is 12.4. The van der Waals surface area contributed by atoms with Gasteiger partial charge in [-0.1, -0.05) is 61.3 Å². The van der Waals surface area contributed by atoms with Gasteiger partial charge in [0.1, 0.15) is 16.5 Å². The maximum Gasteiger partial charge on any atom is 0.354 e. The van der Waals surface area contributed by atoms with E-state index in [4.69, 9.17) is 32.9 Å². The van der Waals surface area contributed by atoms with Gasteiger partial charge in [-0.2, -0.15) is 5.26 Å². The van der Waals surface area contributed by atoms with Crippen molar-refractivity contribution >= 4 is 52.1 Å². The summed E-state index contributed by atoms with van der Waals surface area (Å²) < 4.78 is 5.32. The summed E-state index contributed by atoms with van der Waals surface area (Å²) in [6.07, 6.45) is 0.537. The van der Waals surface area contributed by atoms with Crippen LogP contribution in [0.5, 0.6) is 0 Å². The summed E-state index contributed by atoms with van der Waals surface area (Å²) >= 11 is 13.6. The Morgan fingerprint density at radius 2 is 1.79 bits per heavy atom. The van der Waals surface area contributed by atoms with Crippen LogP contribution in [0.2, 0.25) is 10.0 Å². The number of allylic oxidation sites excluding steroid dienone is 1. The summed E-state index contributed by atoms with van der Waals surface area (Å²) in [5.74, 6) is -2.06. The van der Waals surface area contributed by atoms with E-state index in [0.717, 1.165) is 16.8 Å². The number of fused-ring (bicyclic) bond motifs is 1. The molecule has 3 aliphatic heterocycles. The zero-order chi connectivity index (χ0) is 27.2. The Morgan fingerprint density at radius 3 is 2.39 bits per heavy atom. The summed E-state index contributed by atoms with van der Waals surface area (Å²) in [5, 5.41) is 14.2. The summed E-state index contributed by atoms with van der Waals surface area (Å²) in [6, 6.07) is 16.3. The monoisotopic (exact) mass is 568 g/mol. The van der Waals surface area contributed by atoms with Crippen molar-refractivity contribution < 1.29 is 14.3 Å². The van der Waals surface area contributed by atoms with Gasteiger partial charge in [-0.05, 0) is 73.0 Å². The number of benzene rings is 2. The quantitative estimate of drug-likeness (QED) is 0.359. The second kappa shape index (κ2) is 10.4. The van der Waals surface area contributed by atoms with E-state index >= 15 is 0 Å². The zero-order valence-corrected chi connectivity index (χ0v) is 23.4. The molecule has 5 rings (SSSR count). The summed E-state index contributed by atoms with van der Waals surface area (Å²) in [6.45, 7) is 6.58. The molecule has 1 saturated heterocycles. The lowest BCUT2D eigenvalue weighted by atomic mass is 9.81. The molecule has 3 heterocycles. The number of hydrogen-bond acceptors (Lipinski definition) is 8. The number of esters is 2. The highest BCUT2D eigenvalue weighted by Crippen LogP contribution is 2.56. The highest BCUT2D eigenvalue weighted by molar-refractivity contribution is 8.18. The standard InChI is InChI=1S/C28H26Cl2N4O3S/c1-15(2)22-23(26(36)37-25(35)21-17(14-31)12-13-32-21)38-27-33-28(3,18-6-10-20(30)11-7-18)24(34(22)27)16-4-8-19(29)9-5-16/h4-11,15,17,21,24,32H,12-13H2,1-3H3/t17-,21+,24-,28+/m1/s1. The number of ether oxygens (including phenoxy) is 1. The van der Waals surface area contributed by atoms with Crippen LogP contribution < -0.4 is 5.32 Å². The number of rotatable bonds is 5. The van der Waals surface area contributed by atoms with Crippen molar-refractivity contribution in [3.63, 3.8) is 0 Å². The lowest BCUT2D eigenvalue weighted by Crippen LogP contribution is -2.38. The lowest BCUT2D eigenvalue weighted by Gasteiger charge is -2.37. The van der Waals surface area contributed by atoms with Gasteiger partial charge < -0.3 is 15.0 Å². The minimum absolute atomic E-state index is 0.0771. The molecule has 2 aromatic carbocycles. The minimum Gasteiger partial charge on any atom is -0.388 e. The van der Waals surface area contributed by atoms with Crippen LogP contribution in [0.15, 0.2) is 64.1 Å².